The van der Waals surface area contributed by atoms with E-state index >= 15 is 0 Å². The Morgan fingerprint density at radius 3 is 2.08 bits per heavy atom. The molecule has 38 heavy (non-hydrogen) atoms. The predicted molar refractivity (Wildman–Crippen MR) is 139 cm³/mol. The molecule has 0 radical (unpaired) electrons. The number of benzene rings is 3. The fourth-order valence-corrected chi connectivity index (χ4v) is 4.25. The standard InChI is InChI=1S/C29H31F3N2O4/c1-4-33(18-20-9-7-6-8-10-20)28(37)34(5-2)19-22-17-23(29(30,31)32)12-13-24(22)25-15-21(16-27(35)36)11-14-26(25)38-3/h6-15,17H,4-5,16,18-19H2,1-3H3,(H,35,36). The second-order valence-corrected chi connectivity index (χ2v) is 8.77. The minimum absolute atomic E-state index is 0.0772. The maximum absolute atomic E-state index is 13.7. The molecule has 0 aliphatic heterocycles. The van der Waals surface area contributed by atoms with E-state index in [1.54, 1.807) is 30.0 Å². The largest absolute Gasteiger partial charge is 0.496 e. The monoisotopic (exact) mass is 528 g/mol. The molecule has 3 aromatic rings. The summed E-state index contributed by atoms with van der Waals surface area (Å²) < 4.78 is 46.5. The van der Waals surface area contributed by atoms with Crippen molar-refractivity contribution < 1.29 is 32.6 Å². The number of halogens is 3. The minimum atomic E-state index is -4.58. The molecule has 3 aromatic carbocycles. The summed E-state index contributed by atoms with van der Waals surface area (Å²) in [4.78, 5) is 27.9. The Morgan fingerprint density at radius 2 is 1.50 bits per heavy atom. The first kappa shape index (κ1) is 28.6. The molecule has 6 nitrogen and oxygen atoms in total. The lowest BCUT2D eigenvalue weighted by molar-refractivity contribution is -0.138. The number of alkyl halides is 3. The van der Waals surface area contributed by atoms with Crippen molar-refractivity contribution in [3.63, 3.8) is 0 Å². The highest BCUT2D eigenvalue weighted by Gasteiger charge is 2.32. The summed E-state index contributed by atoms with van der Waals surface area (Å²) in [6.07, 6.45) is -4.83. The van der Waals surface area contributed by atoms with Crippen LogP contribution in [0.4, 0.5) is 18.0 Å². The summed E-state index contributed by atoms with van der Waals surface area (Å²) in [5.41, 5.74) is 1.74. The van der Waals surface area contributed by atoms with E-state index in [4.69, 9.17) is 4.74 Å². The van der Waals surface area contributed by atoms with Crippen LogP contribution in [0.5, 0.6) is 5.75 Å². The predicted octanol–water partition coefficient (Wildman–Crippen LogP) is 6.47. The van der Waals surface area contributed by atoms with Crippen molar-refractivity contribution in [3.8, 4) is 16.9 Å². The van der Waals surface area contributed by atoms with Crippen LogP contribution in [0, 0.1) is 0 Å². The van der Waals surface area contributed by atoms with Crippen LogP contribution >= 0.6 is 0 Å². The van der Waals surface area contributed by atoms with Gasteiger partial charge in [-0.2, -0.15) is 13.2 Å². The number of aliphatic carboxylic acids is 1. The van der Waals surface area contributed by atoms with Crippen molar-refractivity contribution in [1.29, 1.82) is 0 Å². The van der Waals surface area contributed by atoms with E-state index < -0.39 is 17.7 Å². The molecule has 0 spiro atoms. The number of methoxy groups -OCH3 is 1. The summed E-state index contributed by atoms with van der Waals surface area (Å²) in [5.74, 6) is -0.650. The van der Waals surface area contributed by atoms with Gasteiger partial charge in [-0.05, 0) is 60.4 Å². The molecule has 0 heterocycles. The van der Waals surface area contributed by atoms with Crippen LogP contribution in [0.1, 0.15) is 36.1 Å². The molecule has 0 unspecified atom stereocenters. The molecule has 0 aliphatic carbocycles. The van der Waals surface area contributed by atoms with Gasteiger partial charge in [0.15, 0.2) is 0 Å². The van der Waals surface area contributed by atoms with Gasteiger partial charge in [-0.1, -0.05) is 42.5 Å². The zero-order valence-corrected chi connectivity index (χ0v) is 21.6. The molecule has 0 bridgehead atoms. The second kappa shape index (κ2) is 12.5. The fourth-order valence-electron chi connectivity index (χ4n) is 4.25. The van der Waals surface area contributed by atoms with Gasteiger partial charge in [0.2, 0.25) is 0 Å². The van der Waals surface area contributed by atoms with Crippen LogP contribution in [-0.4, -0.2) is 47.1 Å². The number of nitrogens with zero attached hydrogens (tertiary/aromatic N) is 2. The number of hydrogen-bond donors (Lipinski definition) is 1. The fraction of sp³-hybridized carbons (Fsp3) is 0.310. The molecule has 2 amide bonds. The molecule has 3 rings (SSSR count). The Kier molecular flexibility index (Phi) is 9.39. The third-order valence-corrected chi connectivity index (χ3v) is 6.22. The second-order valence-electron chi connectivity index (χ2n) is 8.77. The van der Waals surface area contributed by atoms with Crippen LogP contribution < -0.4 is 4.74 Å². The Labute approximate surface area is 220 Å². The van der Waals surface area contributed by atoms with Crippen molar-refractivity contribution in [2.75, 3.05) is 20.2 Å². The summed E-state index contributed by atoms with van der Waals surface area (Å²) in [6, 6.07) is 17.3. The molecular weight excluding hydrogens is 497 g/mol. The van der Waals surface area contributed by atoms with Crippen LogP contribution in [0.25, 0.3) is 11.1 Å². The number of carbonyl (C=O) groups excluding carboxylic acids is 1. The van der Waals surface area contributed by atoms with Crippen LogP contribution in [0.3, 0.4) is 0 Å². The van der Waals surface area contributed by atoms with Gasteiger partial charge in [0.25, 0.3) is 0 Å². The highest BCUT2D eigenvalue weighted by atomic mass is 19.4. The normalized spacial score (nSPS) is 11.2. The van der Waals surface area contributed by atoms with Gasteiger partial charge in [-0.15, -0.1) is 0 Å². The van der Waals surface area contributed by atoms with Crippen molar-refractivity contribution >= 4 is 12.0 Å². The molecule has 0 saturated heterocycles. The van der Waals surface area contributed by atoms with Crippen LogP contribution in [-0.2, 0) is 30.5 Å². The Bertz CT molecular complexity index is 1260. The molecule has 0 aliphatic rings. The van der Waals surface area contributed by atoms with Gasteiger partial charge in [0, 0.05) is 31.7 Å². The van der Waals surface area contributed by atoms with Gasteiger partial charge in [0.1, 0.15) is 5.75 Å². The maximum atomic E-state index is 13.7. The smallest absolute Gasteiger partial charge is 0.416 e. The summed E-state index contributed by atoms with van der Waals surface area (Å²) >= 11 is 0. The first-order valence-corrected chi connectivity index (χ1v) is 12.2. The number of urea groups is 1. The molecule has 9 heteroatoms. The van der Waals surface area contributed by atoms with E-state index in [2.05, 4.69) is 0 Å². The zero-order valence-electron chi connectivity index (χ0n) is 21.6. The van der Waals surface area contributed by atoms with Gasteiger partial charge in [0.05, 0.1) is 19.1 Å². The van der Waals surface area contributed by atoms with Gasteiger partial charge >= 0.3 is 18.2 Å². The number of carboxylic acid groups (broad SMARTS) is 1. The first-order chi connectivity index (χ1) is 18.1. The van der Waals surface area contributed by atoms with E-state index in [9.17, 15) is 27.9 Å². The Morgan fingerprint density at radius 1 is 0.842 bits per heavy atom. The van der Waals surface area contributed by atoms with Gasteiger partial charge in [-0.3, -0.25) is 4.79 Å². The SMILES string of the molecule is CCN(Cc1ccccc1)C(=O)N(CC)Cc1cc(C(F)(F)F)ccc1-c1cc(CC(=O)O)ccc1OC. The quantitative estimate of drug-likeness (QED) is 0.327. The van der Waals surface area contributed by atoms with Crippen molar-refractivity contribution in [1.82, 2.24) is 9.80 Å². The van der Waals surface area contributed by atoms with E-state index in [0.29, 0.717) is 35.5 Å². The van der Waals surface area contributed by atoms with E-state index in [1.807, 2.05) is 37.3 Å². The average molecular weight is 529 g/mol. The number of carboxylic acids is 1. The molecule has 202 valence electrons. The third kappa shape index (κ3) is 7.06. The zero-order chi connectivity index (χ0) is 27.9. The van der Waals surface area contributed by atoms with E-state index in [1.165, 1.54) is 18.1 Å². The Hall–Kier alpha value is -4.01. The topological polar surface area (TPSA) is 70.1 Å². The number of ether oxygens (including phenoxy) is 1. The number of carbonyl (C=O) groups is 2. The molecule has 0 fully saturated rings. The Balaban J connectivity index is 2.05. The van der Waals surface area contributed by atoms with Crippen molar-refractivity contribution in [3.05, 3.63) is 89.0 Å². The molecule has 0 saturated carbocycles. The number of hydrogen-bond acceptors (Lipinski definition) is 3. The first-order valence-electron chi connectivity index (χ1n) is 12.2. The minimum Gasteiger partial charge on any atom is -0.496 e. The molecule has 1 N–H and O–H groups in total. The number of rotatable bonds is 10. The maximum Gasteiger partial charge on any atom is 0.416 e. The van der Waals surface area contributed by atoms with E-state index in [0.717, 1.165) is 17.7 Å². The van der Waals surface area contributed by atoms with Crippen LogP contribution in [0.15, 0.2) is 66.7 Å². The summed E-state index contributed by atoms with van der Waals surface area (Å²) in [7, 11) is 1.43. The lowest BCUT2D eigenvalue weighted by Gasteiger charge is -2.30. The van der Waals surface area contributed by atoms with E-state index in [-0.39, 0.29) is 31.1 Å². The average Bonchev–Trinajstić information content (AvgIpc) is 2.89. The van der Waals surface area contributed by atoms with Crippen molar-refractivity contribution in [2.24, 2.45) is 0 Å². The highest BCUT2D eigenvalue weighted by Crippen LogP contribution is 2.38. The van der Waals surface area contributed by atoms with Crippen molar-refractivity contribution in [2.45, 2.75) is 39.5 Å². The van der Waals surface area contributed by atoms with Gasteiger partial charge in [-0.25, -0.2) is 4.79 Å². The molecule has 0 aromatic heterocycles. The van der Waals surface area contributed by atoms with Crippen LogP contribution in [0.2, 0.25) is 0 Å². The lowest BCUT2D eigenvalue weighted by Crippen LogP contribution is -2.42. The summed E-state index contributed by atoms with van der Waals surface area (Å²) in [6.45, 7) is 4.61. The molecular formula is C29H31F3N2O4. The third-order valence-electron chi connectivity index (χ3n) is 6.22. The van der Waals surface area contributed by atoms with Gasteiger partial charge < -0.3 is 19.6 Å². The summed E-state index contributed by atoms with van der Waals surface area (Å²) in [5, 5.41) is 9.22. The lowest BCUT2D eigenvalue weighted by atomic mass is 9.94. The molecule has 0 atom stereocenters. The number of amides is 2. The highest BCUT2D eigenvalue weighted by molar-refractivity contribution is 5.78.